The van der Waals surface area contributed by atoms with Crippen LogP contribution in [0.1, 0.15) is 312 Å². The largest absolute Gasteiger partial charge is 0.472 e. The van der Waals surface area contributed by atoms with Crippen molar-refractivity contribution in [3.05, 3.63) is 0 Å². The number of ether oxygens (including phenoxy) is 4. The summed E-state index contributed by atoms with van der Waals surface area (Å²) >= 11 is 0. The summed E-state index contributed by atoms with van der Waals surface area (Å²) in [6.07, 6.45) is 36.3. The van der Waals surface area contributed by atoms with Gasteiger partial charge in [0.15, 0.2) is 12.2 Å². The topological polar surface area (TPSA) is 237 Å². The molecule has 0 aliphatic rings. The minimum atomic E-state index is -4.94. The Hall–Kier alpha value is -1.94. The fourth-order valence-electron chi connectivity index (χ4n) is 9.48. The van der Waals surface area contributed by atoms with E-state index < -0.39 is 97.5 Å². The van der Waals surface area contributed by atoms with Crippen molar-refractivity contribution in [3.63, 3.8) is 0 Å². The quantitative estimate of drug-likeness (QED) is 0.0222. The van der Waals surface area contributed by atoms with E-state index >= 15 is 0 Å². The fraction of sp³-hybridized carbons (Fsp3) is 0.938. The highest BCUT2D eigenvalue weighted by molar-refractivity contribution is 7.47. The summed E-state index contributed by atoms with van der Waals surface area (Å²) in [4.78, 5) is 72.2. The number of esters is 4. The van der Waals surface area contributed by atoms with Crippen molar-refractivity contribution in [1.29, 1.82) is 0 Å². The van der Waals surface area contributed by atoms with Gasteiger partial charge in [0.1, 0.15) is 19.3 Å². The van der Waals surface area contributed by atoms with Gasteiger partial charge in [-0.15, -0.1) is 0 Å². The van der Waals surface area contributed by atoms with Crippen LogP contribution in [-0.4, -0.2) is 96.7 Å². The molecule has 17 nitrogen and oxygen atoms in total. The molecule has 0 aromatic heterocycles. The van der Waals surface area contributed by atoms with Crippen LogP contribution in [-0.2, 0) is 65.4 Å². The summed E-state index contributed by atoms with van der Waals surface area (Å²) < 4.78 is 68.0. The molecule has 2 unspecified atom stereocenters. The molecule has 492 valence electrons. The molecule has 0 heterocycles. The Labute approximate surface area is 505 Å². The molecule has 0 saturated heterocycles. The third-order valence-corrected chi connectivity index (χ3v) is 16.5. The number of phosphoric acid groups is 2. The first-order valence-corrected chi connectivity index (χ1v) is 36.3. The molecule has 0 rings (SSSR count). The van der Waals surface area contributed by atoms with Crippen molar-refractivity contribution in [2.45, 2.75) is 330 Å². The molecule has 0 radical (unpaired) electrons. The molecule has 0 aromatic rings. The van der Waals surface area contributed by atoms with E-state index in [9.17, 15) is 43.2 Å². The van der Waals surface area contributed by atoms with E-state index in [2.05, 4.69) is 48.5 Å². The molecular weight excluding hydrogens is 1100 g/mol. The first-order valence-electron chi connectivity index (χ1n) is 33.3. The maximum Gasteiger partial charge on any atom is 0.472 e. The third-order valence-electron chi connectivity index (χ3n) is 14.6. The average molecular weight is 1230 g/mol. The van der Waals surface area contributed by atoms with Gasteiger partial charge in [0.05, 0.1) is 26.4 Å². The van der Waals surface area contributed by atoms with E-state index in [0.29, 0.717) is 31.6 Å². The predicted molar refractivity (Wildman–Crippen MR) is 331 cm³/mol. The Morgan fingerprint density at radius 2 is 0.554 bits per heavy atom. The third kappa shape index (κ3) is 58.8. The van der Waals surface area contributed by atoms with Crippen molar-refractivity contribution < 1.29 is 80.2 Å². The molecule has 5 atom stereocenters. The molecule has 0 amide bonds. The highest BCUT2D eigenvalue weighted by atomic mass is 31.2. The van der Waals surface area contributed by atoms with E-state index in [4.69, 9.17) is 37.0 Å². The zero-order chi connectivity index (χ0) is 61.7. The number of hydrogen-bond donors (Lipinski definition) is 3. The van der Waals surface area contributed by atoms with Gasteiger partial charge < -0.3 is 33.8 Å². The lowest BCUT2D eigenvalue weighted by atomic mass is 10.0. The number of carbonyl (C=O) groups excluding carboxylic acids is 4. The van der Waals surface area contributed by atoms with Gasteiger partial charge in [0.2, 0.25) is 0 Å². The summed E-state index contributed by atoms with van der Waals surface area (Å²) in [6.45, 7) is 11.7. The lowest BCUT2D eigenvalue weighted by Gasteiger charge is -2.21. The van der Waals surface area contributed by atoms with E-state index in [1.807, 2.05) is 0 Å². The maximum atomic E-state index is 13.0. The van der Waals surface area contributed by atoms with Crippen LogP contribution in [0, 0.1) is 17.8 Å². The summed E-state index contributed by atoms with van der Waals surface area (Å²) in [5, 5.41) is 10.5. The van der Waals surface area contributed by atoms with E-state index in [-0.39, 0.29) is 25.7 Å². The van der Waals surface area contributed by atoms with Gasteiger partial charge in [-0.2, -0.15) is 0 Å². The first kappa shape index (κ1) is 81.1. The zero-order valence-electron chi connectivity index (χ0n) is 53.6. The molecule has 0 fully saturated rings. The van der Waals surface area contributed by atoms with Crippen molar-refractivity contribution in [2.24, 2.45) is 17.8 Å². The average Bonchev–Trinajstić information content (AvgIpc) is 3.43. The van der Waals surface area contributed by atoms with Crippen molar-refractivity contribution in [3.8, 4) is 0 Å². The lowest BCUT2D eigenvalue weighted by Crippen LogP contribution is -2.30. The highest BCUT2D eigenvalue weighted by Gasteiger charge is 2.30. The summed E-state index contributed by atoms with van der Waals surface area (Å²) in [5.41, 5.74) is 0. The van der Waals surface area contributed by atoms with Crippen LogP contribution in [0.4, 0.5) is 0 Å². The van der Waals surface area contributed by atoms with Crippen LogP contribution >= 0.6 is 15.6 Å². The normalized spacial score (nSPS) is 14.4. The molecule has 0 aromatic carbocycles. The molecule has 3 N–H and O–H groups in total. The van der Waals surface area contributed by atoms with E-state index in [1.54, 1.807) is 0 Å². The molecule has 83 heavy (non-hydrogen) atoms. The number of aliphatic hydroxyl groups is 1. The Kier molecular flexibility index (Phi) is 54.1. The van der Waals surface area contributed by atoms with Gasteiger partial charge in [-0.1, -0.05) is 260 Å². The van der Waals surface area contributed by atoms with Crippen LogP contribution in [0.3, 0.4) is 0 Å². The minimum absolute atomic E-state index is 0.103. The molecule has 0 saturated carbocycles. The van der Waals surface area contributed by atoms with Crippen LogP contribution in [0.2, 0.25) is 0 Å². The van der Waals surface area contributed by atoms with Crippen LogP contribution in [0.15, 0.2) is 0 Å². The van der Waals surface area contributed by atoms with Gasteiger partial charge in [0.25, 0.3) is 0 Å². The number of hydrogen-bond acceptors (Lipinski definition) is 15. The molecule has 0 bridgehead atoms. The Bertz CT molecular complexity index is 1650. The van der Waals surface area contributed by atoms with Gasteiger partial charge in [-0.25, -0.2) is 9.13 Å². The van der Waals surface area contributed by atoms with Gasteiger partial charge >= 0.3 is 39.5 Å². The number of unbranched alkanes of at least 4 members (excludes halogenated alkanes) is 30. The van der Waals surface area contributed by atoms with Gasteiger partial charge in [0, 0.05) is 25.7 Å². The highest BCUT2D eigenvalue weighted by Crippen LogP contribution is 2.45. The number of aliphatic hydroxyl groups excluding tert-OH is 1. The monoisotopic (exact) mass is 1230 g/mol. The standard InChI is InChI=1S/C64H124O17P2/c1-8-9-10-11-12-13-16-24-31-38-45-61(66)74-52-60(81-64(69)48-41-34-27-20-23-30-37-44-57(6)7)54-79-83(72,73)77-50-58(65)49-76-82(70,71)78-53-59(51-75-62(67)46-39-32-25-19-18-22-29-36-43-56(4)5)80-63(68)47-40-33-26-17-14-15-21-28-35-42-55(2)3/h55-60,65H,8-54H2,1-7H3,(H,70,71)(H,72,73)/t58-,59-,60-/m1/s1. The molecule has 0 aliphatic carbocycles. The molecule has 0 aliphatic heterocycles. The minimum Gasteiger partial charge on any atom is -0.462 e. The Morgan fingerprint density at radius 3 is 0.819 bits per heavy atom. The number of phosphoric ester groups is 2. The Morgan fingerprint density at radius 1 is 0.325 bits per heavy atom. The molecular formula is C64H124O17P2. The van der Waals surface area contributed by atoms with E-state index in [0.717, 1.165) is 102 Å². The van der Waals surface area contributed by atoms with Crippen LogP contribution in [0.5, 0.6) is 0 Å². The predicted octanol–water partition coefficient (Wildman–Crippen LogP) is 17.5. The second-order valence-electron chi connectivity index (χ2n) is 24.6. The summed E-state index contributed by atoms with van der Waals surface area (Å²) in [7, 11) is -9.89. The second kappa shape index (κ2) is 55.4. The Balaban J connectivity index is 5.25. The number of carbonyl (C=O) groups is 4. The van der Waals surface area contributed by atoms with Crippen LogP contribution in [0.25, 0.3) is 0 Å². The smallest absolute Gasteiger partial charge is 0.462 e. The van der Waals surface area contributed by atoms with Gasteiger partial charge in [-0.05, 0) is 43.4 Å². The van der Waals surface area contributed by atoms with Crippen molar-refractivity contribution in [2.75, 3.05) is 39.6 Å². The second-order valence-corrected chi connectivity index (χ2v) is 27.5. The maximum absolute atomic E-state index is 13.0. The first-order chi connectivity index (χ1) is 39.7. The van der Waals surface area contributed by atoms with E-state index in [1.165, 1.54) is 122 Å². The molecule has 19 heteroatoms. The fourth-order valence-corrected chi connectivity index (χ4v) is 11.1. The summed E-state index contributed by atoms with van der Waals surface area (Å²) in [6, 6.07) is 0. The SMILES string of the molecule is CCCCCCCCCCCCC(=O)OC[C@H](COP(=O)(O)OC[C@H](O)COP(=O)(O)OC[C@@H](COC(=O)CCCCCCCCCCC(C)C)OC(=O)CCCCCCCCCCCC(C)C)OC(=O)CCCCCCCCCC(C)C. The van der Waals surface area contributed by atoms with Gasteiger partial charge in [-0.3, -0.25) is 37.3 Å². The van der Waals surface area contributed by atoms with Crippen LogP contribution < -0.4 is 0 Å². The lowest BCUT2D eigenvalue weighted by molar-refractivity contribution is -0.161. The van der Waals surface area contributed by atoms with Crippen molar-refractivity contribution >= 4 is 39.5 Å². The summed E-state index contributed by atoms with van der Waals surface area (Å²) in [5.74, 6) is 0.0203. The number of rotatable bonds is 62. The zero-order valence-corrected chi connectivity index (χ0v) is 55.4. The van der Waals surface area contributed by atoms with Crippen molar-refractivity contribution in [1.82, 2.24) is 0 Å². The molecule has 0 spiro atoms.